The number of hydrogen-bond donors (Lipinski definition) is 1. The molecule has 0 unspecified atom stereocenters. The zero-order valence-corrected chi connectivity index (χ0v) is 12.1. The summed E-state index contributed by atoms with van der Waals surface area (Å²) in [5.41, 5.74) is 8.69. The molecule has 2 rings (SSSR count). The van der Waals surface area contributed by atoms with Crippen LogP contribution in [0.5, 0.6) is 0 Å². The topological polar surface area (TPSA) is 35.2 Å². The Morgan fingerprint density at radius 1 is 0.850 bits per heavy atom. The fraction of sp³-hybridized carbons (Fsp3) is 0.333. The lowest BCUT2D eigenvalue weighted by molar-refractivity contribution is 0.0844. The van der Waals surface area contributed by atoms with Crippen LogP contribution in [0.2, 0.25) is 0 Å². The first-order valence-electron chi connectivity index (χ1n) is 7.05. The molecular weight excluding hydrogens is 246 g/mol. The first kappa shape index (κ1) is 14.8. The van der Waals surface area contributed by atoms with E-state index in [9.17, 15) is 0 Å². The Bertz CT molecular complexity index is 454. The summed E-state index contributed by atoms with van der Waals surface area (Å²) in [6.45, 7) is 1.29. The van der Waals surface area contributed by atoms with Crippen LogP contribution < -0.4 is 5.73 Å². The molecule has 0 bridgehead atoms. The third kappa shape index (κ3) is 3.92. The van der Waals surface area contributed by atoms with E-state index in [0.717, 1.165) is 12.8 Å². The van der Waals surface area contributed by atoms with Crippen molar-refractivity contribution < 1.29 is 4.74 Å². The Labute approximate surface area is 121 Å². The van der Waals surface area contributed by atoms with E-state index in [4.69, 9.17) is 10.5 Å². The second kappa shape index (κ2) is 7.22. The predicted molar refractivity (Wildman–Crippen MR) is 83.7 cm³/mol. The van der Waals surface area contributed by atoms with E-state index in [1.807, 2.05) is 12.1 Å². The van der Waals surface area contributed by atoms with Crippen molar-refractivity contribution in [1.82, 2.24) is 0 Å². The molecule has 106 valence electrons. The summed E-state index contributed by atoms with van der Waals surface area (Å²) in [4.78, 5) is 0. The SMILES string of the molecule is COCC(CN)(Cc1ccccc1)Cc1ccccc1. The molecule has 2 heteroatoms. The monoisotopic (exact) mass is 269 g/mol. The molecule has 0 aromatic heterocycles. The lowest BCUT2D eigenvalue weighted by atomic mass is 9.77. The molecule has 0 fully saturated rings. The highest BCUT2D eigenvalue weighted by Crippen LogP contribution is 2.27. The Morgan fingerprint density at radius 2 is 1.30 bits per heavy atom. The Balaban J connectivity index is 2.20. The molecule has 0 radical (unpaired) electrons. The Hall–Kier alpha value is -1.64. The van der Waals surface area contributed by atoms with Gasteiger partial charge in [0.15, 0.2) is 0 Å². The smallest absolute Gasteiger partial charge is 0.0537 e. The molecule has 2 aromatic rings. The van der Waals surface area contributed by atoms with Gasteiger partial charge in [0.1, 0.15) is 0 Å². The highest BCUT2D eigenvalue weighted by Gasteiger charge is 2.29. The first-order chi connectivity index (χ1) is 9.78. The summed E-state index contributed by atoms with van der Waals surface area (Å²) in [6.07, 6.45) is 1.88. The number of benzene rings is 2. The van der Waals surface area contributed by atoms with Crippen LogP contribution in [0, 0.1) is 5.41 Å². The van der Waals surface area contributed by atoms with Gasteiger partial charge >= 0.3 is 0 Å². The third-order valence-corrected chi connectivity index (χ3v) is 3.73. The third-order valence-electron chi connectivity index (χ3n) is 3.73. The summed E-state index contributed by atoms with van der Waals surface area (Å²) in [5.74, 6) is 0. The average molecular weight is 269 g/mol. The van der Waals surface area contributed by atoms with Crippen LogP contribution in [-0.4, -0.2) is 20.3 Å². The molecule has 2 N–H and O–H groups in total. The summed E-state index contributed by atoms with van der Waals surface area (Å²) < 4.78 is 5.46. The molecule has 0 aliphatic rings. The van der Waals surface area contributed by atoms with Crippen molar-refractivity contribution in [2.45, 2.75) is 12.8 Å². The fourth-order valence-electron chi connectivity index (χ4n) is 2.73. The van der Waals surface area contributed by atoms with Crippen LogP contribution in [0.1, 0.15) is 11.1 Å². The number of methoxy groups -OCH3 is 1. The van der Waals surface area contributed by atoms with Crippen molar-refractivity contribution in [1.29, 1.82) is 0 Å². The predicted octanol–water partition coefficient (Wildman–Crippen LogP) is 3.06. The first-order valence-corrected chi connectivity index (χ1v) is 7.05. The summed E-state index contributed by atoms with van der Waals surface area (Å²) in [7, 11) is 1.75. The highest BCUT2D eigenvalue weighted by molar-refractivity contribution is 5.21. The summed E-state index contributed by atoms with van der Waals surface area (Å²) >= 11 is 0. The molecule has 0 heterocycles. The standard InChI is InChI=1S/C18H23NO/c1-20-15-18(14-19,12-16-8-4-2-5-9-16)13-17-10-6-3-7-11-17/h2-11H,12-15,19H2,1H3. The van der Waals surface area contributed by atoms with Gasteiger partial charge < -0.3 is 10.5 Å². The van der Waals surface area contributed by atoms with Gasteiger partial charge in [-0.3, -0.25) is 0 Å². The van der Waals surface area contributed by atoms with E-state index in [1.54, 1.807) is 7.11 Å². The van der Waals surface area contributed by atoms with Crippen LogP contribution in [0.4, 0.5) is 0 Å². The minimum atomic E-state index is -0.0442. The van der Waals surface area contributed by atoms with Gasteiger partial charge in [0.25, 0.3) is 0 Å². The second-order valence-electron chi connectivity index (χ2n) is 5.46. The molecule has 0 saturated heterocycles. The molecular formula is C18H23NO. The van der Waals surface area contributed by atoms with Crippen molar-refractivity contribution >= 4 is 0 Å². The molecule has 2 aromatic carbocycles. The molecule has 0 saturated carbocycles. The maximum atomic E-state index is 6.11. The molecule has 0 amide bonds. The molecule has 0 aliphatic heterocycles. The van der Waals surface area contributed by atoms with Gasteiger partial charge in [-0.15, -0.1) is 0 Å². The summed E-state index contributed by atoms with van der Waals surface area (Å²) in [5, 5.41) is 0. The van der Waals surface area contributed by atoms with Crippen molar-refractivity contribution in [2.75, 3.05) is 20.3 Å². The molecule has 2 nitrogen and oxygen atoms in total. The number of ether oxygens (including phenoxy) is 1. The minimum Gasteiger partial charge on any atom is -0.384 e. The van der Waals surface area contributed by atoms with Crippen LogP contribution >= 0.6 is 0 Å². The minimum absolute atomic E-state index is 0.0442. The van der Waals surface area contributed by atoms with Gasteiger partial charge in [-0.25, -0.2) is 0 Å². The van der Waals surface area contributed by atoms with Gasteiger partial charge in [0.05, 0.1) is 6.61 Å². The van der Waals surface area contributed by atoms with Crippen LogP contribution in [0.15, 0.2) is 60.7 Å². The zero-order chi connectivity index (χ0) is 14.3. The molecule has 0 atom stereocenters. The Kier molecular flexibility index (Phi) is 5.33. The highest BCUT2D eigenvalue weighted by atomic mass is 16.5. The normalized spacial score (nSPS) is 11.5. The van der Waals surface area contributed by atoms with Crippen LogP contribution in [0.25, 0.3) is 0 Å². The van der Waals surface area contributed by atoms with Gasteiger partial charge in [-0.2, -0.15) is 0 Å². The van der Waals surface area contributed by atoms with E-state index in [-0.39, 0.29) is 5.41 Å². The lowest BCUT2D eigenvalue weighted by Crippen LogP contribution is -2.39. The van der Waals surface area contributed by atoms with Gasteiger partial charge in [-0.1, -0.05) is 60.7 Å². The maximum Gasteiger partial charge on any atom is 0.0537 e. The van der Waals surface area contributed by atoms with Gasteiger partial charge in [-0.05, 0) is 24.0 Å². The van der Waals surface area contributed by atoms with Gasteiger partial charge in [0.2, 0.25) is 0 Å². The molecule has 0 aliphatic carbocycles. The van der Waals surface area contributed by atoms with E-state index in [2.05, 4.69) is 48.5 Å². The van der Waals surface area contributed by atoms with E-state index in [0.29, 0.717) is 13.2 Å². The number of nitrogens with two attached hydrogens (primary N) is 1. The fourth-order valence-corrected chi connectivity index (χ4v) is 2.73. The maximum absolute atomic E-state index is 6.11. The van der Waals surface area contributed by atoms with Crippen LogP contribution in [0.3, 0.4) is 0 Å². The quantitative estimate of drug-likeness (QED) is 0.838. The van der Waals surface area contributed by atoms with Crippen molar-refractivity contribution in [3.8, 4) is 0 Å². The average Bonchev–Trinajstić information content (AvgIpc) is 2.49. The molecule has 0 spiro atoms. The van der Waals surface area contributed by atoms with E-state index in [1.165, 1.54) is 11.1 Å². The van der Waals surface area contributed by atoms with Crippen molar-refractivity contribution in [2.24, 2.45) is 11.1 Å². The second-order valence-corrected chi connectivity index (χ2v) is 5.46. The number of hydrogen-bond acceptors (Lipinski definition) is 2. The summed E-state index contributed by atoms with van der Waals surface area (Å²) in [6, 6.07) is 21.0. The van der Waals surface area contributed by atoms with E-state index >= 15 is 0 Å². The van der Waals surface area contributed by atoms with Crippen LogP contribution in [-0.2, 0) is 17.6 Å². The lowest BCUT2D eigenvalue weighted by Gasteiger charge is -2.32. The Morgan fingerprint density at radius 3 is 1.65 bits per heavy atom. The zero-order valence-electron chi connectivity index (χ0n) is 12.1. The van der Waals surface area contributed by atoms with Crippen molar-refractivity contribution in [3.05, 3.63) is 71.8 Å². The van der Waals surface area contributed by atoms with E-state index < -0.39 is 0 Å². The van der Waals surface area contributed by atoms with Crippen molar-refractivity contribution in [3.63, 3.8) is 0 Å². The largest absolute Gasteiger partial charge is 0.384 e. The number of rotatable bonds is 7. The molecule has 20 heavy (non-hydrogen) atoms. The van der Waals surface area contributed by atoms with Gasteiger partial charge in [0, 0.05) is 19.1 Å².